The van der Waals surface area contributed by atoms with E-state index in [1.807, 2.05) is 18.2 Å². The van der Waals surface area contributed by atoms with E-state index >= 15 is 0 Å². The Bertz CT molecular complexity index is 1510. The number of urea groups is 1. The maximum atomic E-state index is 13.4. The van der Waals surface area contributed by atoms with E-state index in [2.05, 4.69) is 20.5 Å². The molecule has 1 aromatic heterocycles. The first-order chi connectivity index (χ1) is 19.3. The number of nitrogens with one attached hydrogen (secondary N) is 2. The molecule has 0 radical (unpaired) electrons. The molecule has 4 aromatic rings. The second-order valence-electron chi connectivity index (χ2n) is 9.17. The third-order valence-corrected chi connectivity index (χ3v) is 8.15. The van der Waals surface area contributed by atoms with E-state index in [0.29, 0.717) is 57.8 Å². The SMILES string of the molecule is O=C(Cc1ccc(Cl)cc1Cl)Nc1nc2ccc(N(CCN3CCOCC3)C(=O)Nc3ccc(Cl)cc3)cc2s1. The van der Waals surface area contributed by atoms with Crippen molar-refractivity contribution in [2.45, 2.75) is 6.42 Å². The summed E-state index contributed by atoms with van der Waals surface area (Å²) in [5, 5.41) is 7.82. The first-order valence-electron chi connectivity index (χ1n) is 12.6. The van der Waals surface area contributed by atoms with E-state index in [1.165, 1.54) is 11.3 Å². The van der Waals surface area contributed by atoms with Gasteiger partial charge in [-0.1, -0.05) is 52.2 Å². The largest absolute Gasteiger partial charge is 0.379 e. The number of thiazole rings is 1. The summed E-state index contributed by atoms with van der Waals surface area (Å²) in [6.07, 6.45) is 0.0946. The Morgan fingerprint density at radius 1 is 0.950 bits per heavy atom. The molecule has 5 rings (SSSR count). The molecule has 40 heavy (non-hydrogen) atoms. The van der Waals surface area contributed by atoms with Crippen molar-refractivity contribution in [1.82, 2.24) is 9.88 Å². The number of carbonyl (C=O) groups is 2. The van der Waals surface area contributed by atoms with Crippen molar-refractivity contribution >= 4 is 84.8 Å². The topological polar surface area (TPSA) is 86.8 Å². The minimum Gasteiger partial charge on any atom is -0.379 e. The van der Waals surface area contributed by atoms with Crippen molar-refractivity contribution in [3.63, 3.8) is 0 Å². The van der Waals surface area contributed by atoms with Gasteiger partial charge in [0.05, 0.1) is 29.9 Å². The van der Waals surface area contributed by atoms with E-state index in [4.69, 9.17) is 39.5 Å². The molecule has 1 aliphatic heterocycles. The lowest BCUT2D eigenvalue weighted by atomic mass is 10.1. The van der Waals surface area contributed by atoms with Crippen LogP contribution in [0, 0.1) is 0 Å². The molecule has 1 saturated heterocycles. The highest BCUT2D eigenvalue weighted by Gasteiger charge is 2.20. The molecule has 2 N–H and O–H groups in total. The van der Waals surface area contributed by atoms with Gasteiger partial charge in [-0.15, -0.1) is 0 Å². The Labute approximate surface area is 250 Å². The van der Waals surface area contributed by atoms with E-state index in [1.54, 1.807) is 47.4 Å². The van der Waals surface area contributed by atoms with Crippen LogP contribution in [0.25, 0.3) is 10.2 Å². The van der Waals surface area contributed by atoms with Crippen molar-refractivity contribution in [2.75, 3.05) is 54.9 Å². The maximum Gasteiger partial charge on any atom is 0.326 e. The smallest absolute Gasteiger partial charge is 0.326 e. The number of benzene rings is 3. The van der Waals surface area contributed by atoms with Crippen molar-refractivity contribution in [2.24, 2.45) is 0 Å². The Kier molecular flexibility index (Phi) is 9.41. The van der Waals surface area contributed by atoms with Gasteiger partial charge in [0, 0.05) is 52.6 Å². The number of aromatic nitrogens is 1. The van der Waals surface area contributed by atoms with Crippen LogP contribution in [-0.4, -0.2) is 61.2 Å². The Balaban J connectivity index is 1.32. The summed E-state index contributed by atoms with van der Waals surface area (Å²) in [5.41, 5.74) is 2.77. The summed E-state index contributed by atoms with van der Waals surface area (Å²) >= 11 is 19.5. The van der Waals surface area contributed by atoms with Crippen LogP contribution in [0.1, 0.15) is 5.56 Å². The van der Waals surface area contributed by atoms with Crippen LogP contribution in [0.15, 0.2) is 60.7 Å². The zero-order chi connectivity index (χ0) is 28.1. The van der Waals surface area contributed by atoms with Crippen LogP contribution in [0.5, 0.6) is 0 Å². The van der Waals surface area contributed by atoms with Crippen molar-refractivity contribution < 1.29 is 14.3 Å². The number of halogens is 3. The normalized spacial score (nSPS) is 13.8. The number of hydrogen-bond acceptors (Lipinski definition) is 6. The van der Waals surface area contributed by atoms with Crippen LogP contribution in [0.4, 0.5) is 21.3 Å². The minimum atomic E-state index is -0.257. The summed E-state index contributed by atoms with van der Waals surface area (Å²) in [4.78, 5) is 34.6. The fourth-order valence-electron chi connectivity index (χ4n) is 4.27. The Hall–Kier alpha value is -2.92. The van der Waals surface area contributed by atoms with Crippen LogP contribution < -0.4 is 15.5 Å². The van der Waals surface area contributed by atoms with Crippen LogP contribution in [0.2, 0.25) is 15.1 Å². The van der Waals surface area contributed by atoms with Crippen molar-refractivity contribution in [3.8, 4) is 0 Å². The lowest BCUT2D eigenvalue weighted by Gasteiger charge is -2.30. The molecule has 0 bridgehead atoms. The Morgan fingerprint density at radius 2 is 1.70 bits per heavy atom. The number of carbonyl (C=O) groups excluding carboxylic acids is 2. The molecule has 12 heteroatoms. The van der Waals surface area contributed by atoms with Gasteiger partial charge in [-0.25, -0.2) is 9.78 Å². The Morgan fingerprint density at radius 3 is 2.45 bits per heavy atom. The molecule has 0 aliphatic carbocycles. The zero-order valence-corrected chi connectivity index (χ0v) is 24.4. The molecule has 1 aliphatic rings. The lowest BCUT2D eigenvalue weighted by molar-refractivity contribution is -0.115. The summed E-state index contributed by atoms with van der Waals surface area (Å²) in [6, 6.07) is 17.4. The highest BCUT2D eigenvalue weighted by atomic mass is 35.5. The number of rotatable bonds is 8. The second-order valence-corrected chi connectivity index (χ2v) is 11.5. The fraction of sp³-hybridized carbons (Fsp3) is 0.250. The quantitative estimate of drug-likeness (QED) is 0.227. The van der Waals surface area contributed by atoms with Gasteiger partial charge in [0.25, 0.3) is 0 Å². The molecule has 0 atom stereocenters. The molecule has 3 amide bonds. The highest BCUT2D eigenvalue weighted by Crippen LogP contribution is 2.31. The van der Waals surface area contributed by atoms with Crippen molar-refractivity contribution in [3.05, 3.63) is 81.3 Å². The van der Waals surface area contributed by atoms with E-state index in [-0.39, 0.29) is 18.4 Å². The number of amides is 3. The second kappa shape index (κ2) is 13.2. The first kappa shape index (κ1) is 28.6. The van der Waals surface area contributed by atoms with Crippen molar-refractivity contribution in [1.29, 1.82) is 0 Å². The minimum absolute atomic E-state index is 0.0946. The molecule has 8 nitrogen and oxygen atoms in total. The van der Waals surface area contributed by atoms with E-state index < -0.39 is 0 Å². The molecular weight excluding hydrogens is 593 g/mol. The summed E-state index contributed by atoms with van der Waals surface area (Å²) < 4.78 is 6.30. The summed E-state index contributed by atoms with van der Waals surface area (Å²) in [7, 11) is 0. The molecule has 0 spiro atoms. The van der Waals surface area contributed by atoms with Gasteiger partial charge in [0.15, 0.2) is 5.13 Å². The van der Waals surface area contributed by atoms with Crippen LogP contribution >= 0.6 is 46.1 Å². The molecule has 208 valence electrons. The zero-order valence-electron chi connectivity index (χ0n) is 21.3. The average Bonchev–Trinajstić information content (AvgIpc) is 3.34. The van der Waals surface area contributed by atoms with Gasteiger partial charge in [-0.3, -0.25) is 14.6 Å². The third-order valence-electron chi connectivity index (χ3n) is 6.38. The molecule has 0 saturated carbocycles. The fourth-order valence-corrected chi connectivity index (χ4v) is 5.79. The third kappa shape index (κ3) is 7.42. The monoisotopic (exact) mass is 617 g/mol. The van der Waals surface area contributed by atoms with E-state index in [0.717, 1.165) is 29.0 Å². The number of hydrogen-bond donors (Lipinski definition) is 2. The summed E-state index contributed by atoms with van der Waals surface area (Å²) in [5.74, 6) is -0.238. The van der Waals surface area contributed by atoms with E-state index in [9.17, 15) is 9.59 Å². The predicted octanol–water partition coefficient (Wildman–Crippen LogP) is 6.81. The number of anilines is 3. The van der Waals surface area contributed by atoms with Gasteiger partial charge in [0.2, 0.25) is 5.91 Å². The molecular formula is C28H26Cl3N5O3S. The molecule has 0 unspecified atom stereocenters. The lowest BCUT2D eigenvalue weighted by Crippen LogP contribution is -2.44. The van der Waals surface area contributed by atoms with Gasteiger partial charge >= 0.3 is 6.03 Å². The standard InChI is InChI=1S/C28H26Cl3N5O3S/c29-19-3-5-21(6-4-19)32-28(38)36(10-9-35-11-13-39-14-12-35)22-7-8-24-25(17-22)40-27(33-24)34-26(37)15-18-1-2-20(30)16-23(18)31/h1-8,16-17H,9-15H2,(H,32,38)(H,33,34,37). The number of nitrogens with zero attached hydrogens (tertiary/aromatic N) is 3. The number of morpholine rings is 1. The summed E-state index contributed by atoms with van der Waals surface area (Å²) in [6.45, 7) is 4.20. The predicted molar refractivity (Wildman–Crippen MR) is 163 cm³/mol. The number of fused-ring (bicyclic) bond motifs is 1. The number of ether oxygens (including phenoxy) is 1. The van der Waals surface area contributed by atoms with Gasteiger partial charge in [-0.05, 0) is 60.2 Å². The maximum absolute atomic E-state index is 13.4. The van der Waals surface area contributed by atoms with Crippen LogP contribution in [0.3, 0.4) is 0 Å². The first-order valence-corrected chi connectivity index (χ1v) is 14.6. The molecule has 1 fully saturated rings. The molecule has 2 heterocycles. The van der Waals surface area contributed by atoms with Gasteiger partial charge in [0.1, 0.15) is 0 Å². The van der Waals surface area contributed by atoms with Crippen LogP contribution in [-0.2, 0) is 16.0 Å². The molecule has 3 aromatic carbocycles. The van der Waals surface area contributed by atoms with Gasteiger partial charge in [-0.2, -0.15) is 0 Å². The highest BCUT2D eigenvalue weighted by molar-refractivity contribution is 7.22. The van der Waals surface area contributed by atoms with Gasteiger partial charge < -0.3 is 15.4 Å². The average molecular weight is 619 g/mol.